The van der Waals surface area contributed by atoms with E-state index in [9.17, 15) is 4.79 Å². The molecule has 114 valence electrons. The zero-order chi connectivity index (χ0) is 15.6. The van der Waals surface area contributed by atoms with E-state index in [1.165, 1.54) is 5.56 Å². The summed E-state index contributed by atoms with van der Waals surface area (Å²) >= 11 is 3.34. The third-order valence-electron chi connectivity index (χ3n) is 2.87. The van der Waals surface area contributed by atoms with Crippen molar-refractivity contribution in [2.24, 2.45) is 5.10 Å². The third kappa shape index (κ3) is 6.10. The molecule has 0 saturated carbocycles. The Kier molecular flexibility index (Phi) is 6.64. The SMILES string of the molecule is O=C(COc1ccc(Br)cc1)NN=CCCc1ccccc1. The maximum absolute atomic E-state index is 11.6. The molecule has 0 aromatic heterocycles. The fourth-order valence-corrected chi connectivity index (χ4v) is 2.03. The third-order valence-corrected chi connectivity index (χ3v) is 3.40. The number of hydrazone groups is 1. The minimum absolute atomic E-state index is 0.0579. The molecule has 2 aromatic rings. The summed E-state index contributed by atoms with van der Waals surface area (Å²) in [7, 11) is 0. The molecule has 2 aromatic carbocycles. The number of benzene rings is 2. The molecule has 0 fully saturated rings. The molecule has 22 heavy (non-hydrogen) atoms. The number of nitrogens with zero attached hydrogens (tertiary/aromatic N) is 1. The molecule has 1 amide bonds. The molecular weight excluding hydrogens is 344 g/mol. The van der Waals surface area contributed by atoms with Crippen LogP contribution in [0.25, 0.3) is 0 Å². The highest BCUT2D eigenvalue weighted by atomic mass is 79.9. The lowest BCUT2D eigenvalue weighted by molar-refractivity contribution is -0.123. The van der Waals surface area contributed by atoms with Crippen LogP contribution in [0.15, 0.2) is 64.2 Å². The summed E-state index contributed by atoms with van der Waals surface area (Å²) in [5.74, 6) is 0.366. The van der Waals surface area contributed by atoms with Gasteiger partial charge in [-0.15, -0.1) is 0 Å². The van der Waals surface area contributed by atoms with E-state index in [1.54, 1.807) is 18.3 Å². The summed E-state index contributed by atoms with van der Waals surface area (Å²) in [5, 5.41) is 3.90. The largest absolute Gasteiger partial charge is 0.484 e. The Bertz CT molecular complexity index is 612. The van der Waals surface area contributed by atoms with Gasteiger partial charge in [0.2, 0.25) is 0 Å². The van der Waals surface area contributed by atoms with E-state index >= 15 is 0 Å². The molecule has 1 N–H and O–H groups in total. The second kappa shape index (κ2) is 9.00. The van der Waals surface area contributed by atoms with Gasteiger partial charge >= 0.3 is 0 Å². The zero-order valence-electron chi connectivity index (χ0n) is 12.0. The number of aryl methyl sites for hydroxylation is 1. The van der Waals surface area contributed by atoms with Crippen LogP contribution < -0.4 is 10.2 Å². The van der Waals surface area contributed by atoms with E-state index in [-0.39, 0.29) is 12.5 Å². The van der Waals surface area contributed by atoms with E-state index in [2.05, 4.69) is 38.6 Å². The Morgan fingerprint density at radius 2 is 1.86 bits per heavy atom. The summed E-state index contributed by atoms with van der Waals surface area (Å²) in [5.41, 5.74) is 3.70. The van der Waals surface area contributed by atoms with Crippen molar-refractivity contribution in [1.82, 2.24) is 5.43 Å². The number of carbonyl (C=O) groups excluding carboxylic acids is 1. The van der Waals surface area contributed by atoms with E-state index in [1.807, 2.05) is 30.3 Å². The van der Waals surface area contributed by atoms with Crippen molar-refractivity contribution in [3.05, 3.63) is 64.6 Å². The normalized spacial score (nSPS) is 10.6. The molecule has 0 aliphatic carbocycles. The first kappa shape index (κ1) is 16.2. The van der Waals surface area contributed by atoms with Crippen LogP contribution in [0.4, 0.5) is 0 Å². The molecule has 4 nitrogen and oxygen atoms in total. The summed E-state index contributed by atoms with van der Waals surface area (Å²) in [4.78, 5) is 11.6. The van der Waals surface area contributed by atoms with Gasteiger partial charge in [-0.1, -0.05) is 46.3 Å². The van der Waals surface area contributed by atoms with Crippen molar-refractivity contribution in [2.75, 3.05) is 6.61 Å². The van der Waals surface area contributed by atoms with Gasteiger partial charge in [-0.2, -0.15) is 5.10 Å². The molecule has 0 radical (unpaired) electrons. The van der Waals surface area contributed by atoms with Crippen LogP contribution >= 0.6 is 15.9 Å². The predicted octanol–water partition coefficient (Wildman–Crippen LogP) is 3.56. The zero-order valence-corrected chi connectivity index (χ0v) is 13.6. The molecule has 0 spiro atoms. The van der Waals surface area contributed by atoms with E-state index in [0.717, 1.165) is 17.3 Å². The number of halogens is 1. The van der Waals surface area contributed by atoms with Gasteiger partial charge in [0.15, 0.2) is 6.61 Å². The highest BCUT2D eigenvalue weighted by Crippen LogP contribution is 2.15. The van der Waals surface area contributed by atoms with Crippen molar-refractivity contribution in [2.45, 2.75) is 12.8 Å². The van der Waals surface area contributed by atoms with E-state index in [4.69, 9.17) is 4.74 Å². The first-order valence-electron chi connectivity index (χ1n) is 6.97. The van der Waals surface area contributed by atoms with E-state index in [0.29, 0.717) is 5.75 Å². The molecule has 0 aliphatic heterocycles. The van der Waals surface area contributed by atoms with Crippen LogP contribution in [0, 0.1) is 0 Å². The van der Waals surface area contributed by atoms with Crippen LogP contribution in [-0.4, -0.2) is 18.7 Å². The van der Waals surface area contributed by atoms with Gasteiger partial charge in [-0.3, -0.25) is 4.79 Å². The van der Waals surface area contributed by atoms with Crippen molar-refractivity contribution in [3.63, 3.8) is 0 Å². The quantitative estimate of drug-likeness (QED) is 0.606. The van der Waals surface area contributed by atoms with Crippen molar-refractivity contribution < 1.29 is 9.53 Å². The maximum Gasteiger partial charge on any atom is 0.277 e. The lowest BCUT2D eigenvalue weighted by atomic mass is 10.1. The second-order valence-electron chi connectivity index (χ2n) is 4.61. The topological polar surface area (TPSA) is 50.7 Å². The highest BCUT2D eigenvalue weighted by Gasteiger charge is 2.00. The van der Waals surface area contributed by atoms with Crippen LogP contribution in [0.5, 0.6) is 5.75 Å². The second-order valence-corrected chi connectivity index (χ2v) is 5.53. The van der Waals surface area contributed by atoms with Crippen LogP contribution in [0.2, 0.25) is 0 Å². The standard InChI is InChI=1S/C17H17BrN2O2/c18-15-8-10-16(11-9-15)22-13-17(21)20-19-12-4-7-14-5-2-1-3-6-14/h1-3,5-6,8-12H,4,7,13H2,(H,20,21). The average Bonchev–Trinajstić information content (AvgIpc) is 2.55. The first-order valence-corrected chi connectivity index (χ1v) is 7.76. The predicted molar refractivity (Wildman–Crippen MR) is 91.0 cm³/mol. The maximum atomic E-state index is 11.6. The van der Waals surface area contributed by atoms with Crippen LogP contribution in [0.3, 0.4) is 0 Å². The molecule has 0 bridgehead atoms. The Morgan fingerprint density at radius 3 is 2.59 bits per heavy atom. The average molecular weight is 361 g/mol. The van der Waals surface area contributed by atoms with Gasteiger partial charge in [-0.25, -0.2) is 5.43 Å². The lowest BCUT2D eigenvalue weighted by Gasteiger charge is -2.04. The number of ether oxygens (including phenoxy) is 1. The molecule has 2 rings (SSSR count). The monoisotopic (exact) mass is 360 g/mol. The summed E-state index contributed by atoms with van der Waals surface area (Å²) in [6, 6.07) is 17.4. The van der Waals surface area contributed by atoms with Crippen molar-refractivity contribution >= 4 is 28.1 Å². The summed E-state index contributed by atoms with van der Waals surface area (Å²) in [6.45, 7) is -0.0579. The first-order chi connectivity index (χ1) is 10.7. The number of amides is 1. The minimum Gasteiger partial charge on any atom is -0.484 e. The molecule has 0 unspecified atom stereocenters. The van der Waals surface area contributed by atoms with E-state index < -0.39 is 0 Å². The number of carbonyl (C=O) groups is 1. The fraction of sp³-hybridized carbons (Fsp3) is 0.176. The van der Waals surface area contributed by atoms with Gasteiger partial charge in [0.1, 0.15) is 5.75 Å². The fourth-order valence-electron chi connectivity index (χ4n) is 1.77. The number of rotatable bonds is 7. The molecule has 5 heteroatoms. The highest BCUT2D eigenvalue weighted by molar-refractivity contribution is 9.10. The molecule has 0 atom stereocenters. The van der Waals surface area contributed by atoms with Crippen LogP contribution in [-0.2, 0) is 11.2 Å². The Hall–Kier alpha value is -2.14. The number of hydrogen-bond donors (Lipinski definition) is 1. The minimum atomic E-state index is -0.279. The lowest BCUT2D eigenvalue weighted by Crippen LogP contribution is -2.24. The van der Waals surface area contributed by atoms with Gasteiger partial charge in [0.25, 0.3) is 5.91 Å². The molecule has 0 saturated heterocycles. The van der Waals surface area contributed by atoms with Gasteiger partial charge < -0.3 is 4.74 Å². The number of hydrogen-bond acceptors (Lipinski definition) is 3. The Balaban J connectivity index is 1.63. The molecule has 0 aliphatic rings. The number of nitrogens with one attached hydrogen (secondary N) is 1. The summed E-state index contributed by atoms with van der Waals surface area (Å²) < 4.78 is 6.31. The van der Waals surface area contributed by atoms with Gasteiger partial charge in [0, 0.05) is 10.7 Å². The summed E-state index contributed by atoms with van der Waals surface area (Å²) in [6.07, 6.45) is 3.37. The Labute approximate surface area is 138 Å². The van der Waals surface area contributed by atoms with Gasteiger partial charge in [0.05, 0.1) is 0 Å². The van der Waals surface area contributed by atoms with Crippen LogP contribution in [0.1, 0.15) is 12.0 Å². The molecule has 0 heterocycles. The Morgan fingerprint density at radius 1 is 1.14 bits per heavy atom. The van der Waals surface area contributed by atoms with Gasteiger partial charge in [-0.05, 0) is 42.7 Å². The van der Waals surface area contributed by atoms with Crippen molar-refractivity contribution in [1.29, 1.82) is 0 Å². The smallest absolute Gasteiger partial charge is 0.277 e. The van der Waals surface area contributed by atoms with Crippen molar-refractivity contribution in [3.8, 4) is 5.75 Å². The molecular formula is C17H17BrN2O2.